The standard InChI is InChI=1S/C24H25FN2O4S/c1-4-30-23-14-19(10-11-22(23)31-16-20-7-5-6-8-21(20)25)15-26-27-32(28,29)24-12-9-17(2)13-18(24)3/h5-15,27H,4,16H2,1-3H3/b26-15+. The lowest BCUT2D eigenvalue weighted by Gasteiger charge is -2.13. The summed E-state index contributed by atoms with van der Waals surface area (Å²) in [5.41, 5.74) is 2.66. The summed E-state index contributed by atoms with van der Waals surface area (Å²) in [5.74, 6) is 0.554. The van der Waals surface area contributed by atoms with E-state index in [9.17, 15) is 12.8 Å². The number of hydrogen-bond acceptors (Lipinski definition) is 5. The molecule has 3 rings (SSSR count). The van der Waals surface area contributed by atoms with E-state index in [0.29, 0.717) is 34.8 Å². The Labute approximate surface area is 187 Å². The number of hydrazone groups is 1. The van der Waals surface area contributed by atoms with Crippen LogP contribution in [0.3, 0.4) is 0 Å². The number of rotatable bonds is 9. The third-order valence-electron chi connectivity index (χ3n) is 4.62. The summed E-state index contributed by atoms with van der Waals surface area (Å²) in [6, 6.07) is 16.5. The molecule has 0 amide bonds. The van der Waals surface area contributed by atoms with Gasteiger partial charge in [0.05, 0.1) is 17.7 Å². The van der Waals surface area contributed by atoms with Gasteiger partial charge in [-0.25, -0.2) is 9.22 Å². The SMILES string of the molecule is CCOc1cc(/C=N/NS(=O)(=O)c2ccc(C)cc2C)ccc1OCc1ccccc1F. The lowest BCUT2D eigenvalue weighted by atomic mass is 10.2. The first-order valence-corrected chi connectivity index (χ1v) is 11.5. The normalized spacial score (nSPS) is 11.5. The van der Waals surface area contributed by atoms with Crippen LogP contribution < -0.4 is 14.3 Å². The molecule has 0 unspecified atom stereocenters. The van der Waals surface area contributed by atoms with Gasteiger partial charge < -0.3 is 9.47 Å². The molecule has 0 aliphatic rings. The quantitative estimate of drug-likeness (QED) is 0.373. The maximum absolute atomic E-state index is 13.8. The first-order valence-electron chi connectivity index (χ1n) is 10.1. The number of ether oxygens (including phenoxy) is 2. The van der Waals surface area contributed by atoms with Gasteiger partial charge in [0.25, 0.3) is 10.0 Å². The zero-order valence-corrected chi connectivity index (χ0v) is 18.9. The molecule has 1 N–H and O–H groups in total. The van der Waals surface area contributed by atoms with E-state index < -0.39 is 10.0 Å². The molecule has 0 saturated carbocycles. The molecule has 0 spiro atoms. The summed E-state index contributed by atoms with van der Waals surface area (Å²) >= 11 is 0. The third kappa shape index (κ3) is 5.85. The molecule has 6 nitrogen and oxygen atoms in total. The zero-order chi connectivity index (χ0) is 23.1. The minimum Gasteiger partial charge on any atom is -0.490 e. The van der Waals surface area contributed by atoms with E-state index in [0.717, 1.165) is 5.56 Å². The van der Waals surface area contributed by atoms with E-state index >= 15 is 0 Å². The largest absolute Gasteiger partial charge is 0.490 e. The summed E-state index contributed by atoms with van der Waals surface area (Å²) in [7, 11) is -3.79. The Morgan fingerprint density at radius 1 is 1.00 bits per heavy atom. The zero-order valence-electron chi connectivity index (χ0n) is 18.1. The summed E-state index contributed by atoms with van der Waals surface area (Å²) in [6.45, 7) is 5.92. The molecular formula is C24H25FN2O4S. The minimum absolute atomic E-state index is 0.0515. The Bertz CT molecular complexity index is 1230. The molecule has 0 aromatic heterocycles. The number of halogens is 1. The van der Waals surface area contributed by atoms with E-state index in [-0.39, 0.29) is 17.3 Å². The number of benzene rings is 3. The van der Waals surface area contributed by atoms with E-state index in [1.165, 1.54) is 12.3 Å². The van der Waals surface area contributed by atoms with Crippen molar-refractivity contribution in [2.75, 3.05) is 6.61 Å². The number of sulfonamides is 1. The number of nitrogens with one attached hydrogen (secondary N) is 1. The van der Waals surface area contributed by atoms with Crippen molar-refractivity contribution in [1.82, 2.24) is 4.83 Å². The van der Waals surface area contributed by atoms with Crippen molar-refractivity contribution in [1.29, 1.82) is 0 Å². The first kappa shape index (κ1) is 23.3. The number of hydrogen-bond donors (Lipinski definition) is 1. The smallest absolute Gasteiger partial charge is 0.276 e. The maximum Gasteiger partial charge on any atom is 0.276 e. The highest BCUT2D eigenvalue weighted by atomic mass is 32.2. The fraction of sp³-hybridized carbons (Fsp3) is 0.208. The van der Waals surface area contributed by atoms with E-state index in [1.54, 1.807) is 61.5 Å². The van der Waals surface area contributed by atoms with Crippen molar-refractivity contribution in [2.45, 2.75) is 32.3 Å². The molecule has 0 aliphatic heterocycles. The number of aryl methyl sites for hydroxylation is 2. The van der Waals surface area contributed by atoms with Crippen LogP contribution in [0.15, 0.2) is 70.7 Å². The molecule has 32 heavy (non-hydrogen) atoms. The van der Waals surface area contributed by atoms with Crippen LogP contribution in [-0.2, 0) is 16.6 Å². The molecule has 0 heterocycles. The van der Waals surface area contributed by atoms with Gasteiger partial charge in [-0.05, 0) is 62.2 Å². The lowest BCUT2D eigenvalue weighted by Crippen LogP contribution is -2.19. The molecule has 0 saturated heterocycles. The monoisotopic (exact) mass is 456 g/mol. The Balaban J connectivity index is 1.73. The van der Waals surface area contributed by atoms with E-state index in [4.69, 9.17) is 9.47 Å². The van der Waals surface area contributed by atoms with Crippen molar-refractivity contribution in [3.8, 4) is 11.5 Å². The molecule has 3 aromatic carbocycles. The second-order valence-corrected chi connectivity index (χ2v) is 8.77. The predicted molar refractivity (Wildman–Crippen MR) is 122 cm³/mol. The van der Waals surface area contributed by atoms with Crippen molar-refractivity contribution < 1.29 is 22.3 Å². The summed E-state index contributed by atoms with van der Waals surface area (Å²) in [6.07, 6.45) is 1.38. The van der Waals surface area contributed by atoms with Crippen molar-refractivity contribution in [3.05, 3.63) is 88.7 Å². The van der Waals surface area contributed by atoms with Gasteiger partial charge in [0.1, 0.15) is 12.4 Å². The van der Waals surface area contributed by atoms with Crippen LogP contribution in [0.5, 0.6) is 11.5 Å². The Morgan fingerprint density at radius 2 is 1.78 bits per heavy atom. The maximum atomic E-state index is 13.8. The van der Waals surface area contributed by atoms with Gasteiger partial charge in [0.15, 0.2) is 11.5 Å². The van der Waals surface area contributed by atoms with E-state index in [1.807, 2.05) is 13.8 Å². The number of nitrogens with zero attached hydrogens (tertiary/aromatic N) is 1. The van der Waals surface area contributed by atoms with Gasteiger partial charge in [-0.3, -0.25) is 0 Å². The average Bonchev–Trinajstić information content (AvgIpc) is 2.74. The average molecular weight is 457 g/mol. The van der Waals surface area contributed by atoms with Gasteiger partial charge in [-0.1, -0.05) is 35.9 Å². The Hall–Kier alpha value is -3.39. The highest BCUT2D eigenvalue weighted by Crippen LogP contribution is 2.29. The molecule has 8 heteroatoms. The van der Waals surface area contributed by atoms with Gasteiger partial charge >= 0.3 is 0 Å². The van der Waals surface area contributed by atoms with Crippen LogP contribution in [0, 0.1) is 19.7 Å². The van der Waals surface area contributed by atoms with Gasteiger partial charge in [0.2, 0.25) is 0 Å². The summed E-state index contributed by atoms with van der Waals surface area (Å²) in [4.78, 5) is 2.40. The fourth-order valence-electron chi connectivity index (χ4n) is 3.08. The van der Waals surface area contributed by atoms with Crippen LogP contribution in [0.1, 0.15) is 29.2 Å². The molecule has 0 atom stereocenters. The van der Waals surface area contributed by atoms with Crippen LogP contribution in [-0.4, -0.2) is 21.2 Å². The van der Waals surface area contributed by atoms with Crippen molar-refractivity contribution >= 4 is 16.2 Å². The Kier molecular flexibility index (Phi) is 7.48. The van der Waals surface area contributed by atoms with Gasteiger partial charge in [-0.15, -0.1) is 0 Å². The van der Waals surface area contributed by atoms with Crippen molar-refractivity contribution in [2.24, 2.45) is 5.10 Å². The van der Waals surface area contributed by atoms with Crippen molar-refractivity contribution in [3.63, 3.8) is 0 Å². The van der Waals surface area contributed by atoms with Gasteiger partial charge in [0, 0.05) is 5.56 Å². The summed E-state index contributed by atoms with van der Waals surface area (Å²) in [5, 5.41) is 3.88. The topological polar surface area (TPSA) is 77.0 Å². The molecule has 168 valence electrons. The first-order chi connectivity index (χ1) is 15.3. The highest BCUT2D eigenvalue weighted by molar-refractivity contribution is 7.89. The predicted octanol–water partition coefficient (Wildman–Crippen LogP) is 4.73. The summed E-state index contributed by atoms with van der Waals surface area (Å²) < 4.78 is 50.2. The second kappa shape index (κ2) is 10.3. The second-order valence-electron chi connectivity index (χ2n) is 7.14. The molecule has 0 fully saturated rings. The van der Waals surface area contributed by atoms with Crippen LogP contribution >= 0.6 is 0 Å². The molecule has 0 radical (unpaired) electrons. The third-order valence-corrected chi connectivity index (χ3v) is 6.00. The molecule has 0 bridgehead atoms. The minimum atomic E-state index is -3.79. The van der Waals surface area contributed by atoms with Crippen LogP contribution in [0.2, 0.25) is 0 Å². The van der Waals surface area contributed by atoms with Crippen LogP contribution in [0.25, 0.3) is 0 Å². The van der Waals surface area contributed by atoms with Crippen LogP contribution in [0.4, 0.5) is 4.39 Å². The molecule has 3 aromatic rings. The lowest BCUT2D eigenvalue weighted by molar-refractivity contribution is 0.266. The molecular weight excluding hydrogens is 431 g/mol. The fourth-order valence-corrected chi connectivity index (χ4v) is 4.10. The van der Waals surface area contributed by atoms with Gasteiger partial charge in [-0.2, -0.15) is 13.5 Å². The van der Waals surface area contributed by atoms with E-state index in [2.05, 4.69) is 9.93 Å². The Morgan fingerprint density at radius 3 is 2.50 bits per heavy atom. The molecule has 0 aliphatic carbocycles. The highest BCUT2D eigenvalue weighted by Gasteiger charge is 2.15.